The molecular formula is C15H19BrN4S. The first-order valence-corrected chi connectivity index (χ1v) is 8.79. The number of piperazine rings is 1. The first-order chi connectivity index (χ1) is 10.3. The topological polar surface area (TPSA) is 45.4 Å². The number of halogens is 1. The van der Waals surface area contributed by atoms with Crippen molar-refractivity contribution in [3.63, 3.8) is 0 Å². The summed E-state index contributed by atoms with van der Waals surface area (Å²) < 4.78 is 1.11. The summed E-state index contributed by atoms with van der Waals surface area (Å²) in [4.78, 5) is 9.23. The van der Waals surface area contributed by atoms with E-state index < -0.39 is 0 Å². The molecule has 2 aromatic rings. The minimum atomic E-state index is 0.293. The highest BCUT2D eigenvalue weighted by atomic mass is 79.9. The highest BCUT2D eigenvalue weighted by molar-refractivity contribution is 9.10. The Bertz CT molecular complexity index is 567. The standard InChI is InChI=1S/C15H19BrN4S/c16-13-3-1-2-12(10-13)14(11-17)19-5-7-20(8-6-19)15-18-4-9-21-15/h1-4,9-10,14H,5-8,11,17H2. The summed E-state index contributed by atoms with van der Waals surface area (Å²) in [5, 5.41) is 3.16. The molecule has 1 fully saturated rings. The van der Waals surface area contributed by atoms with E-state index in [0.29, 0.717) is 12.6 Å². The Morgan fingerprint density at radius 3 is 2.71 bits per heavy atom. The highest BCUT2D eigenvalue weighted by Gasteiger charge is 2.25. The molecule has 1 aliphatic rings. The van der Waals surface area contributed by atoms with Gasteiger partial charge in [0.05, 0.1) is 0 Å². The summed E-state index contributed by atoms with van der Waals surface area (Å²) in [5.41, 5.74) is 7.32. The fraction of sp³-hybridized carbons (Fsp3) is 0.400. The maximum absolute atomic E-state index is 6.03. The Morgan fingerprint density at radius 2 is 2.10 bits per heavy atom. The summed E-state index contributed by atoms with van der Waals surface area (Å²) in [6, 6.07) is 8.76. The van der Waals surface area contributed by atoms with E-state index in [1.807, 2.05) is 11.6 Å². The number of rotatable bonds is 4. The van der Waals surface area contributed by atoms with Gasteiger partial charge in [-0.05, 0) is 17.7 Å². The van der Waals surface area contributed by atoms with Crippen LogP contribution in [0.15, 0.2) is 40.3 Å². The maximum atomic E-state index is 6.03. The van der Waals surface area contributed by atoms with Crippen molar-refractivity contribution >= 4 is 32.4 Å². The lowest BCUT2D eigenvalue weighted by atomic mass is 10.0. The van der Waals surface area contributed by atoms with Crippen LogP contribution in [0.5, 0.6) is 0 Å². The Hall–Kier alpha value is -0.950. The number of thiazole rings is 1. The summed E-state index contributed by atoms with van der Waals surface area (Å²) >= 11 is 5.25. The van der Waals surface area contributed by atoms with Crippen molar-refractivity contribution in [3.8, 4) is 0 Å². The Morgan fingerprint density at radius 1 is 1.29 bits per heavy atom. The molecule has 1 atom stereocenters. The third-order valence-corrected chi connectivity index (χ3v) is 5.23. The fourth-order valence-corrected chi connectivity index (χ4v) is 3.92. The molecule has 0 aliphatic carbocycles. The van der Waals surface area contributed by atoms with Crippen LogP contribution in [0.3, 0.4) is 0 Å². The van der Waals surface area contributed by atoms with E-state index in [9.17, 15) is 0 Å². The molecule has 1 unspecified atom stereocenters. The van der Waals surface area contributed by atoms with Crippen LogP contribution in [-0.4, -0.2) is 42.6 Å². The summed E-state index contributed by atoms with van der Waals surface area (Å²) in [6.07, 6.45) is 1.87. The van der Waals surface area contributed by atoms with Crippen molar-refractivity contribution in [2.75, 3.05) is 37.6 Å². The molecule has 1 saturated heterocycles. The van der Waals surface area contributed by atoms with Crippen LogP contribution >= 0.6 is 27.3 Å². The van der Waals surface area contributed by atoms with E-state index in [1.54, 1.807) is 11.3 Å². The average molecular weight is 367 g/mol. The molecular weight excluding hydrogens is 348 g/mol. The molecule has 21 heavy (non-hydrogen) atoms. The van der Waals surface area contributed by atoms with Gasteiger partial charge in [-0.3, -0.25) is 4.90 Å². The van der Waals surface area contributed by atoms with Crippen molar-refractivity contribution in [1.82, 2.24) is 9.88 Å². The first kappa shape index (κ1) is 15.0. The molecule has 112 valence electrons. The molecule has 1 aromatic heterocycles. The van der Waals surface area contributed by atoms with Gasteiger partial charge in [-0.1, -0.05) is 28.1 Å². The summed E-state index contributed by atoms with van der Waals surface area (Å²) in [6.45, 7) is 4.71. The molecule has 2 N–H and O–H groups in total. The number of benzene rings is 1. The van der Waals surface area contributed by atoms with Crippen molar-refractivity contribution < 1.29 is 0 Å². The monoisotopic (exact) mass is 366 g/mol. The number of hydrogen-bond acceptors (Lipinski definition) is 5. The molecule has 0 spiro atoms. The van der Waals surface area contributed by atoms with Crippen LogP contribution in [0.4, 0.5) is 5.13 Å². The van der Waals surface area contributed by atoms with Gasteiger partial charge in [0.25, 0.3) is 0 Å². The minimum Gasteiger partial charge on any atom is -0.346 e. The molecule has 6 heteroatoms. The number of aromatic nitrogens is 1. The molecule has 4 nitrogen and oxygen atoms in total. The van der Waals surface area contributed by atoms with Crippen molar-refractivity contribution in [1.29, 1.82) is 0 Å². The highest BCUT2D eigenvalue weighted by Crippen LogP contribution is 2.26. The zero-order chi connectivity index (χ0) is 14.7. The molecule has 2 heterocycles. The normalized spacial score (nSPS) is 17.9. The van der Waals surface area contributed by atoms with E-state index in [0.717, 1.165) is 35.8 Å². The van der Waals surface area contributed by atoms with Crippen LogP contribution in [-0.2, 0) is 0 Å². The molecule has 0 radical (unpaired) electrons. The van der Waals surface area contributed by atoms with Gasteiger partial charge in [-0.15, -0.1) is 11.3 Å². The molecule has 1 aliphatic heterocycles. The Kier molecular flexibility index (Phi) is 4.90. The molecule has 0 amide bonds. The number of hydrogen-bond donors (Lipinski definition) is 1. The maximum Gasteiger partial charge on any atom is 0.185 e. The van der Waals surface area contributed by atoms with Crippen molar-refractivity contribution in [3.05, 3.63) is 45.9 Å². The third-order valence-electron chi connectivity index (χ3n) is 3.90. The Balaban J connectivity index is 1.67. The number of nitrogens with two attached hydrogens (primary N) is 1. The van der Waals surface area contributed by atoms with Gasteiger partial charge in [0.1, 0.15) is 0 Å². The summed E-state index contributed by atoms with van der Waals surface area (Å²) in [5.74, 6) is 0. The van der Waals surface area contributed by atoms with Gasteiger partial charge < -0.3 is 10.6 Å². The third kappa shape index (κ3) is 3.45. The molecule has 0 saturated carbocycles. The zero-order valence-electron chi connectivity index (χ0n) is 11.8. The van der Waals surface area contributed by atoms with Gasteiger partial charge in [0.15, 0.2) is 5.13 Å². The smallest absolute Gasteiger partial charge is 0.185 e. The van der Waals surface area contributed by atoms with E-state index in [2.05, 4.69) is 55.0 Å². The first-order valence-electron chi connectivity index (χ1n) is 7.12. The molecule has 3 rings (SSSR count). The Labute approximate surface area is 137 Å². The van der Waals surface area contributed by atoms with Gasteiger partial charge >= 0.3 is 0 Å². The fourth-order valence-electron chi connectivity index (χ4n) is 2.81. The van der Waals surface area contributed by atoms with Crippen molar-refractivity contribution in [2.45, 2.75) is 6.04 Å². The van der Waals surface area contributed by atoms with Crippen LogP contribution < -0.4 is 10.6 Å². The predicted molar refractivity (Wildman–Crippen MR) is 91.8 cm³/mol. The molecule has 0 bridgehead atoms. The van der Waals surface area contributed by atoms with Crippen LogP contribution in [0.25, 0.3) is 0 Å². The lowest BCUT2D eigenvalue weighted by Crippen LogP contribution is -2.49. The second-order valence-electron chi connectivity index (χ2n) is 5.14. The van der Waals surface area contributed by atoms with Gasteiger partial charge in [0, 0.05) is 54.8 Å². The van der Waals surface area contributed by atoms with E-state index in [4.69, 9.17) is 5.73 Å². The van der Waals surface area contributed by atoms with Crippen LogP contribution in [0, 0.1) is 0 Å². The molecule has 1 aromatic carbocycles. The van der Waals surface area contributed by atoms with Crippen molar-refractivity contribution in [2.24, 2.45) is 5.73 Å². The number of nitrogens with zero attached hydrogens (tertiary/aromatic N) is 3. The zero-order valence-corrected chi connectivity index (χ0v) is 14.2. The quantitative estimate of drug-likeness (QED) is 0.903. The summed E-state index contributed by atoms with van der Waals surface area (Å²) in [7, 11) is 0. The minimum absolute atomic E-state index is 0.293. The van der Waals surface area contributed by atoms with Crippen LogP contribution in [0.2, 0.25) is 0 Å². The average Bonchev–Trinajstić information content (AvgIpc) is 3.03. The lowest BCUT2D eigenvalue weighted by Gasteiger charge is -2.39. The predicted octanol–water partition coefficient (Wildman–Crippen LogP) is 2.73. The largest absolute Gasteiger partial charge is 0.346 e. The second kappa shape index (κ2) is 6.87. The SMILES string of the molecule is NCC(c1cccc(Br)c1)N1CCN(c2nccs2)CC1. The van der Waals surface area contributed by atoms with Gasteiger partial charge in [-0.25, -0.2) is 4.98 Å². The van der Waals surface area contributed by atoms with Crippen LogP contribution in [0.1, 0.15) is 11.6 Å². The number of anilines is 1. The van der Waals surface area contributed by atoms with E-state index in [1.165, 1.54) is 5.56 Å². The van der Waals surface area contributed by atoms with E-state index >= 15 is 0 Å². The van der Waals surface area contributed by atoms with Gasteiger partial charge in [0.2, 0.25) is 0 Å². The van der Waals surface area contributed by atoms with Gasteiger partial charge in [-0.2, -0.15) is 0 Å². The lowest BCUT2D eigenvalue weighted by molar-refractivity contribution is 0.190. The van der Waals surface area contributed by atoms with E-state index in [-0.39, 0.29) is 0 Å². The second-order valence-corrected chi connectivity index (χ2v) is 6.93.